The summed E-state index contributed by atoms with van der Waals surface area (Å²) in [6.45, 7) is 3.22. The summed E-state index contributed by atoms with van der Waals surface area (Å²) in [6.07, 6.45) is 0.578. The number of hydrogen-bond donors (Lipinski definition) is 1. The predicted octanol–water partition coefficient (Wildman–Crippen LogP) is 0.666. The zero-order valence-corrected chi connectivity index (χ0v) is 9.23. The van der Waals surface area contributed by atoms with Gasteiger partial charge in [0.1, 0.15) is 0 Å². The second-order valence-corrected chi connectivity index (χ2v) is 3.46. The van der Waals surface area contributed by atoms with Crippen LogP contribution in [0.1, 0.15) is 13.3 Å². The van der Waals surface area contributed by atoms with Crippen LogP contribution >= 0.6 is 12.2 Å². The van der Waals surface area contributed by atoms with E-state index in [1.54, 1.807) is 23.9 Å². The van der Waals surface area contributed by atoms with Crippen LogP contribution in [0, 0.1) is 0 Å². The number of carbonyl (C=O) groups is 1. The fourth-order valence-electron chi connectivity index (χ4n) is 0.800. The minimum absolute atomic E-state index is 0.00116. The molecule has 0 aromatic rings. The molecule has 2 amide bonds. The van der Waals surface area contributed by atoms with Gasteiger partial charge in [0.15, 0.2) is 0 Å². The lowest BCUT2D eigenvalue weighted by Crippen LogP contribution is -2.39. The quantitative estimate of drug-likeness (QED) is 0.683. The fourth-order valence-corrected chi connectivity index (χ4v) is 0.892. The summed E-state index contributed by atoms with van der Waals surface area (Å²) in [5.41, 5.74) is 5.33. The Hall–Kier alpha value is -0.840. The Morgan fingerprint density at radius 2 is 1.92 bits per heavy atom. The third-order valence-corrected chi connectivity index (χ3v) is 2.03. The van der Waals surface area contributed by atoms with Crippen molar-refractivity contribution in [1.82, 2.24) is 9.80 Å². The second kappa shape index (κ2) is 5.75. The van der Waals surface area contributed by atoms with Gasteiger partial charge in [-0.05, 0) is 6.92 Å². The molecular formula is C8H17N3OS. The Labute approximate surface area is 84.7 Å². The van der Waals surface area contributed by atoms with Gasteiger partial charge >= 0.3 is 6.03 Å². The van der Waals surface area contributed by atoms with E-state index in [1.165, 1.54) is 0 Å². The topological polar surface area (TPSA) is 49.6 Å². The van der Waals surface area contributed by atoms with Crippen LogP contribution < -0.4 is 5.73 Å². The summed E-state index contributed by atoms with van der Waals surface area (Å²) in [7, 11) is 3.51. The molecular weight excluding hydrogens is 186 g/mol. The van der Waals surface area contributed by atoms with Gasteiger partial charge in [-0.1, -0.05) is 12.2 Å². The van der Waals surface area contributed by atoms with Gasteiger partial charge in [0.05, 0.1) is 4.99 Å². The van der Waals surface area contributed by atoms with Crippen molar-refractivity contribution in [2.24, 2.45) is 5.73 Å². The molecule has 0 aliphatic carbocycles. The Bertz CT molecular complexity index is 196. The van der Waals surface area contributed by atoms with Crippen LogP contribution in [0.4, 0.5) is 4.79 Å². The number of amides is 2. The Morgan fingerprint density at radius 1 is 1.38 bits per heavy atom. The van der Waals surface area contributed by atoms with E-state index in [-0.39, 0.29) is 6.03 Å². The van der Waals surface area contributed by atoms with E-state index in [4.69, 9.17) is 18.0 Å². The Balaban J connectivity index is 3.89. The van der Waals surface area contributed by atoms with E-state index >= 15 is 0 Å². The molecule has 0 aromatic carbocycles. The molecule has 0 unspecified atom stereocenters. The van der Waals surface area contributed by atoms with Crippen molar-refractivity contribution in [3.63, 3.8) is 0 Å². The number of thiocarbonyl (C=S) groups is 1. The number of carbonyl (C=O) groups excluding carboxylic acids is 1. The van der Waals surface area contributed by atoms with Crippen LogP contribution in [0.15, 0.2) is 0 Å². The lowest BCUT2D eigenvalue weighted by Gasteiger charge is -2.23. The van der Waals surface area contributed by atoms with E-state index in [1.807, 2.05) is 6.92 Å². The van der Waals surface area contributed by atoms with Crippen molar-refractivity contribution in [1.29, 1.82) is 0 Å². The molecule has 0 aliphatic rings. The summed E-state index contributed by atoms with van der Waals surface area (Å²) < 4.78 is 0. The maximum Gasteiger partial charge on any atom is 0.319 e. The van der Waals surface area contributed by atoms with Crippen LogP contribution in [0.25, 0.3) is 0 Å². The summed E-state index contributed by atoms with van der Waals surface area (Å²) in [6, 6.07) is -0.00116. The highest BCUT2D eigenvalue weighted by Crippen LogP contribution is 1.95. The zero-order chi connectivity index (χ0) is 10.4. The highest BCUT2D eigenvalue weighted by atomic mass is 32.1. The van der Waals surface area contributed by atoms with Gasteiger partial charge in [0.25, 0.3) is 0 Å². The van der Waals surface area contributed by atoms with Gasteiger partial charge in [-0.2, -0.15) is 0 Å². The first kappa shape index (κ1) is 12.2. The summed E-state index contributed by atoms with van der Waals surface area (Å²) in [4.78, 5) is 15.1. The molecule has 0 bridgehead atoms. The number of urea groups is 1. The highest BCUT2D eigenvalue weighted by Gasteiger charge is 2.11. The lowest BCUT2D eigenvalue weighted by molar-refractivity contribution is 0.176. The fraction of sp³-hybridized carbons (Fsp3) is 0.750. The maximum atomic E-state index is 11.5. The molecule has 0 saturated carbocycles. The van der Waals surface area contributed by atoms with Crippen LogP contribution in [0.5, 0.6) is 0 Å². The molecule has 76 valence electrons. The molecule has 0 aliphatic heterocycles. The van der Waals surface area contributed by atoms with Gasteiger partial charge in [-0.15, -0.1) is 0 Å². The minimum Gasteiger partial charge on any atom is -0.393 e. The largest absolute Gasteiger partial charge is 0.393 e. The molecule has 0 spiro atoms. The van der Waals surface area contributed by atoms with E-state index in [2.05, 4.69) is 0 Å². The van der Waals surface area contributed by atoms with Crippen molar-refractivity contribution >= 4 is 23.2 Å². The summed E-state index contributed by atoms with van der Waals surface area (Å²) in [5.74, 6) is 0. The SMILES string of the molecule is CCN(C)C(=O)N(C)CCC(N)=S. The average Bonchev–Trinajstić information content (AvgIpc) is 2.11. The molecule has 2 N–H and O–H groups in total. The molecule has 0 radical (unpaired) electrons. The van der Waals surface area contributed by atoms with Crippen LogP contribution in [-0.4, -0.2) is 48.0 Å². The molecule has 0 aromatic heterocycles. The highest BCUT2D eigenvalue weighted by molar-refractivity contribution is 7.80. The van der Waals surface area contributed by atoms with Crippen molar-refractivity contribution in [3.05, 3.63) is 0 Å². The van der Waals surface area contributed by atoms with Gasteiger partial charge < -0.3 is 15.5 Å². The zero-order valence-electron chi connectivity index (χ0n) is 8.41. The van der Waals surface area contributed by atoms with Gasteiger partial charge in [0, 0.05) is 33.6 Å². The Morgan fingerprint density at radius 3 is 2.31 bits per heavy atom. The monoisotopic (exact) mass is 203 g/mol. The van der Waals surface area contributed by atoms with Gasteiger partial charge in [-0.25, -0.2) is 4.79 Å². The first-order chi connectivity index (χ1) is 5.99. The van der Waals surface area contributed by atoms with Crippen molar-refractivity contribution < 1.29 is 4.79 Å². The maximum absolute atomic E-state index is 11.5. The molecule has 0 saturated heterocycles. The van der Waals surface area contributed by atoms with E-state index in [0.29, 0.717) is 24.5 Å². The number of hydrogen-bond acceptors (Lipinski definition) is 2. The number of nitrogens with two attached hydrogens (primary N) is 1. The third-order valence-electron chi connectivity index (χ3n) is 1.82. The van der Waals surface area contributed by atoms with Crippen molar-refractivity contribution in [3.8, 4) is 0 Å². The minimum atomic E-state index is -0.00116. The Kier molecular flexibility index (Phi) is 5.37. The molecule has 0 atom stereocenters. The van der Waals surface area contributed by atoms with Crippen molar-refractivity contribution in [2.45, 2.75) is 13.3 Å². The molecule has 4 nitrogen and oxygen atoms in total. The van der Waals surface area contributed by atoms with Crippen LogP contribution in [0.2, 0.25) is 0 Å². The number of nitrogens with zero attached hydrogens (tertiary/aromatic N) is 2. The van der Waals surface area contributed by atoms with Crippen molar-refractivity contribution in [2.75, 3.05) is 27.2 Å². The standard InChI is InChI=1S/C8H17N3OS/c1-4-10(2)8(12)11(3)6-5-7(9)13/h4-6H2,1-3H3,(H2,9,13). The molecule has 5 heteroatoms. The van der Waals surface area contributed by atoms with Crippen LogP contribution in [0.3, 0.4) is 0 Å². The molecule has 13 heavy (non-hydrogen) atoms. The molecule has 0 heterocycles. The van der Waals surface area contributed by atoms with Gasteiger partial charge in [-0.3, -0.25) is 0 Å². The average molecular weight is 203 g/mol. The van der Waals surface area contributed by atoms with E-state index in [0.717, 1.165) is 0 Å². The normalized spacial score (nSPS) is 9.46. The van der Waals surface area contributed by atoms with Crippen LogP contribution in [-0.2, 0) is 0 Å². The van der Waals surface area contributed by atoms with Gasteiger partial charge in [0.2, 0.25) is 0 Å². The predicted molar refractivity (Wildman–Crippen MR) is 57.7 cm³/mol. The van der Waals surface area contributed by atoms with E-state index in [9.17, 15) is 4.79 Å². The van der Waals surface area contributed by atoms with E-state index < -0.39 is 0 Å². The second-order valence-electron chi connectivity index (χ2n) is 2.93. The third kappa shape index (κ3) is 4.67. The lowest BCUT2D eigenvalue weighted by atomic mass is 10.4. The molecule has 0 fully saturated rings. The molecule has 0 rings (SSSR count). The first-order valence-corrected chi connectivity index (χ1v) is 4.64. The smallest absolute Gasteiger partial charge is 0.319 e. The first-order valence-electron chi connectivity index (χ1n) is 4.23. The summed E-state index contributed by atoms with van der Waals surface area (Å²) in [5, 5.41) is 0. The summed E-state index contributed by atoms with van der Waals surface area (Å²) >= 11 is 4.72. The number of rotatable bonds is 4.